The van der Waals surface area contributed by atoms with Gasteiger partial charge in [0.2, 0.25) is 0 Å². The molecule has 1 unspecified atom stereocenters. The Balaban J connectivity index is 2.36. The second-order valence-electron chi connectivity index (χ2n) is 4.67. The summed E-state index contributed by atoms with van der Waals surface area (Å²) in [6.07, 6.45) is 0. The first-order valence-electron chi connectivity index (χ1n) is 6.03. The summed E-state index contributed by atoms with van der Waals surface area (Å²) in [4.78, 5) is 2.42. The van der Waals surface area contributed by atoms with E-state index in [-0.39, 0.29) is 0 Å². The van der Waals surface area contributed by atoms with Gasteiger partial charge in [0.25, 0.3) is 0 Å². The quantitative estimate of drug-likeness (QED) is 0.765. The van der Waals surface area contributed by atoms with Crippen LogP contribution in [-0.4, -0.2) is 19.1 Å². The van der Waals surface area contributed by atoms with Gasteiger partial charge in [-0.2, -0.15) is 0 Å². The molecule has 0 fully saturated rings. The molecule has 88 valence electrons. The minimum Gasteiger partial charge on any atom is -0.399 e. The molecule has 3 nitrogen and oxygen atoms in total. The van der Waals surface area contributed by atoms with Crippen LogP contribution in [0.5, 0.6) is 0 Å². The Hall–Kier alpha value is -1.22. The lowest BCUT2D eigenvalue weighted by Crippen LogP contribution is -2.32. The Morgan fingerprint density at radius 3 is 2.88 bits per heavy atom. The molecule has 1 atom stereocenters. The summed E-state index contributed by atoms with van der Waals surface area (Å²) in [6.45, 7) is 8.64. The van der Waals surface area contributed by atoms with Gasteiger partial charge in [0.1, 0.15) is 0 Å². The van der Waals surface area contributed by atoms with E-state index in [0.717, 1.165) is 18.8 Å². The lowest BCUT2D eigenvalue weighted by molar-refractivity contribution is 0.553. The summed E-state index contributed by atoms with van der Waals surface area (Å²) in [5, 5.41) is 3.52. The number of fused-ring (bicyclic) bond motifs is 1. The van der Waals surface area contributed by atoms with Gasteiger partial charge < -0.3 is 16.0 Å². The average molecular weight is 219 g/mol. The number of hydrogen-bond acceptors (Lipinski definition) is 3. The molecule has 3 heteroatoms. The number of hydrogen-bond donors (Lipinski definition) is 2. The first-order valence-corrected chi connectivity index (χ1v) is 6.03. The number of nitrogens with one attached hydrogen (secondary N) is 1. The van der Waals surface area contributed by atoms with Crippen LogP contribution in [0.1, 0.15) is 32.4 Å². The molecule has 2 rings (SSSR count). The van der Waals surface area contributed by atoms with Gasteiger partial charge in [-0.15, -0.1) is 0 Å². The molecular formula is C13H21N3. The van der Waals surface area contributed by atoms with Crippen molar-refractivity contribution in [1.29, 1.82) is 0 Å². The summed E-state index contributed by atoms with van der Waals surface area (Å²) in [6, 6.07) is 7.20. The van der Waals surface area contributed by atoms with Crippen LogP contribution in [0.4, 0.5) is 11.4 Å². The molecule has 1 aliphatic rings. The minimum atomic E-state index is 0.447. The molecule has 16 heavy (non-hydrogen) atoms. The molecule has 1 aliphatic heterocycles. The van der Waals surface area contributed by atoms with Gasteiger partial charge in [-0.25, -0.2) is 0 Å². The highest BCUT2D eigenvalue weighted by Gasteiger charge is 2.29. The van der Waals surface area contributed by atoms with Crippen molar-refractivity contribution in [2.45, 2.75) is 32.9 Å². The maximum absolute atomic E-state index is 5.87. The van der Waals surface area contributed by atoms with Gasteiger partial charge in [-0.1, -0.05) is 13.0 Å². The molecule has 0 saturated heterocycles. The normalized spacial score (nSPS) is 19.2. The van der Waals surface area contributed by atoms with Crippen molar-refractivity contribution in [3.8, 4) is 0 Å². The molecule has 3 N–H and O–H groups in total. The zero-order chi connectivity index (χ0) is 11.7. The smallest absolute Gasteiger partial charge is 0.0518 e. The van der Waals surface area contributed by atoms with Gasteiger partial charge in [0.15, 0.2) is 0 Å². The summed E-state index contributed by atoms with van der Waals surface area (Å²) < 4.78 is 0. The van der Waals surface area contributed by atoms with Gasteiger partial charge in [0.05, 0.1) is 6.04 Å². The second-order valence-corrected chi connectivity index (χ2v) is 4.67. The first-order chi connectivity index (χ1) is 7.63. The third kappa shape index (κ3) is 1.87. The predicted molar refractivity (Wildman–Crippen MR) is 69.8 cm³/mol. The van der Waals surface area contributed by atoms with Crippen LogP contribution < -0.4 is 16.0 Å². The zero-order valence-corrected chi connectivity index (χ0v) is 10.3. The number of nitrogens with two attached hydrogens (primary N) is 1. The SMILES string of the molecule is CCNC1CN(C(C)C)c2cc(N)ccc21. The van der Waals surface area contributed by atoms with Gasteiger partial charge in [-0.3, -0.25) is 0 Å². The Morgan fingerprint density at radius 2 is 2.25 bits per heavy atom. The Kier molecular flexibility index (Phi) is 3.06. The van der Waals surface area contributed by atoms with Crippen molar-refractivity contribution in [1.82, 2.24) is 5.32 Å². The number of nitrogen functional groups attached to an aromatic ring is 1. The summed E-state index contributed by atoms with van der Waals surface area (Å²) in [5.41, 5.74) is 9.39. The third-order valence-electron chi connectivity index (χ3n) is 3.19. The van der Waals surface area contributed by atoms with E-state index in [2.05, 4.69) is 43.1 Å². The summed E-state index contributed by atoms with van der Waals surface area (Å²) in [7, 11) is 0. The Morgan fingerprint density at radius 1 is 1.50 bits per heavy atom. The lowest BCUT2D eigenvalue weighted by atomic mass is 10.1. The van der Waals surface area contributed by atoms with Crippen LogP contribution in [0.3, 0.4) is 0 Å². The largest absolute Gasteiger partial charge is 0.399 e. The van der Waals surface area contributed by atoms with E-state index >= 15 is 0 Å². The van der Waals surface area contributed by atoms with Crippen LogP contribution >= 0.6 is 0 Å². The highest BCUT2D eigenvalue weighted by molar-refractivity contribution is 5.66. The van der Waals surface area contributed by atoms with E-state index < -0.39 is 0 Å². The molecule has 0 radical (unpaired) electrons. The van der Waals surface area contributed by atoms with Crippen molar-refractivity contribution in [2.75, 3.05) is 23.7 Å². The van der Waals surface area contributed by atoms with Crippen molar-refractivity contribution >= 4 is 11.4 Å². The summed E-state index contributed by atoms with van der Waals surface area (Å²) >= 11 is 0. The molecule has 1 aromatic carbocycles. The van der Waals surface area contributed by atoms with Crippen molar-refractivity contribution in [3.05, 3.63) is 23.8 Å². The Bertz CT molecular complexity index is 373. The fourth-order valence-electron chi connectivity index (χ4n) is 2.41. The molecule has 1 aromatic rings. The molecule has 0 aliphatic carbocycles. The maximum Gasteiger partial charge on any atom is 0.0518 e. The highest BCUT2D eigenvalue weighted by Crippen LogP contribution is 2.37. The fourth-order valence-corrected chi connectivity index (χ4v) is 2.41. The van der Waals surface area contributed by atoms with Gasteiger partial charge >= 0.3 is 0 Å². The minimum absolute atomic E-state index is 0.447. The number of nitrogens with zero attached hydrogens (tertiary/aromatic N) is 1. The monoisotopic (exact) mass is 219 g/mol. The van der Waals surface area contributed by atoms with Gasteiger partial charge in [-0.05, 0) is 38.1 Å². The number of anilines is 2. The van der Waals surface area contributed by atoms with Crippen LogP contribution in [-0.2, 0) is 0 Å². The standard InChI is InChI=1S/C13H21N3/c1-4-15-12-8-16(9(2)3)13-7-10(14)5-6-11(12)13/h5-7,9,12,15H,4,8,14H2,1-3H3. The molecular weight excluding hydrogens is 198 g/mol. The van der Waals surface area contributed by atoms with Crippen molar-refractivity contribution in [3.63, 3.8) is 0 Å². The molecule has 0 saturated carbocycles. The maximum atomic E-state index is 5.87. The van der Waals surface area contributed by atoms with Crippen LogP contribution in [0.25, 0.3) is 0 Å². The van der Waals surface area contributed by atoms with Crippen LogP contribution in [0.15, 0.2) is 18.2 Å². The lowest BCUT2D eigenvalue weighted by Gasteiger charge is -2.24. The van der Waals surface area contributed by atoms with E-state index in [4.69, 9.17) is 5.73 Å². The van der Waals surface area contributed by atoms with Crippen LogP contribution in [0.2, 0.25) is 0 Å². The number of benzene rings is 1. The molecule has 0 amide bonds. The highest BCUT2D eigenvalue weighted by atomic mass is 15.2. The molecule has 0 bridgehead atoms. The number of rotatable bonds is 3. The Labute approximate surface area is 97.6 Å². The third-order valence-corrected chi connectivity index (χ3v) is 3.19. The first kappa shape index (κ1) is 11.3. The topological polar surface area (TPSA) is 41.3 Å². The average Bonchev–Trinajstić information content (AvgIpc) is 2.57. The van der Waals surface area contributed by atoms with E-state index in [0.29, 0.717) is 12.1 Å². The summed E-state index contributed by atoms with van der Waals surface area (Å²) in [5.74, 6) is 0. The van der Waals surface area contributed by atoms with E-state index in [1.807, 2.05) is 6.07 Å². The molecule has 0 spiro atoms. The second kappa shape index (κ2) is 4.34. The van der Waals surface area contributed by atoms with Crippen molar-refractivity contribution < 1.29 is 0 Å². The van der Waals surface area contributed by atoms with Gasteiger partial charge in [0, 0.05) is 24.0 Å². The van der Waals surface area contributed by atoms with Crippen LogP contribution in [0, 0.1) is 0 Å². The number of likely N-dealkylation sites (N-methyl/N-ethyl adjacent to an activating group) is 1. The van der Waals surface area contributed by atoms with Crippen molar-refractivity contribution in [2.24, 2.45) is 0 Å². The van der Waals surface area contributed by atoms with E-state index in [1.165, 1.54) is 11.3 Å². The van der Waals surface area contributed by atoms with E-state index in [1.54, 1.807) is 0 Å². The predicted octanol–water partition coefficient (Wildman–Crippen LogP) is 2.15. The fraction of sp³-hybridized carbons (Fsp3) is 0.538. The van der Waals surface area contributed by atoms with E-state index in [9.17, 15) is 0 Å². The molecule has 1 heterocycles. The molecule has 0 aromatic heterocycles. The zero-order valence-electron chi connectivity index (χ0n) is 10.3.